The van der Waals surface area contributed by atoms with E-state index in [0.717, 1.165) is 23.0 Å². The second-order valence-corrected chi connectivity index (χ2v) is 6.08. The second-order valence-electron chi connectivity index (χ2n) is 5.03. The fourth-order valence-corrected chi connectivity index (χ4v) is 3.11. The minimum absolute atomic E-state index is 0.0987. The van der Waals surface area contributed by atoms with Crippen molar-refractivity contribution >= 4 is 28.6 Å². The van der Waals surface area contributed by atoms with E-state index in [1.807, 2.05) is 39.8 Å². The predicted molar refractivity (Wildman–Crippen MR) is 78.3 cm³/mol. The molecule has 0 bridgehead atoms. The van der Waals surface area contributed by atoms with Gasteiger partial charge in [-0.15, -0.1) is 0 Å². The molecule has 1 aromatic carbocycles. The Morgan fingerprint density at radius 1 is 1.26 bits per heavy atom. The van der Waals surface area contributed by atoms with Crippen LogP contribution >= 0.6 is 11.8 Å². The van der Waals surface area contributed by atoms with Crippen LogP contribution in [0, 0.1) is 13.8 Å². The Morgan fingerprint density at radius 2 is 1.95 bits per heavy atom. The molecule has 1 aliphatic rings. The van der Waals surface area contributed by atoms with Crippen LogP contribution in [0.25, 0.3) is 0 Å². The lowest BCUT2D eigenvalue weighted by atomic mass is 10.1. The highest BCUT2D eigenvalue weighted by atomic mass is 32.2. The summed E-state index contributed by atoms with van der Waals surface area (Å²) in [4.78, 5) is 25.3. The number of nitrogens with one attached hydrogen (secondary N) is 1. The van der Waals surface area contributed by atoms with Crippen LogP contribution < -0.4 is 5.32 Å². The fourth-order valence-electron chi connectivity index (χ4n) is 2.10. The molecule has 1 saturated heterocycles. The van der Waals surface area contributed by atoms with Crippen molar-refractivity contribution < 1.29 is 9.59 Å². The van der Waals surface area contributed by atoms with E-state index < -0.39 is 5.37 Å². The molecule has 1 fully saturated rings. The van der Waals surface area contributed by atoms with Crippen molar-refractivity contribution in [3.8, 4) is 0 Å². The molecule has 19 heavy (non-hydrogen) atoms. The highest BCUT2D eigenvalue weighted by Crippen LogP contribution is 2.30. The normalized spacial score (nSPS) is 19.4. The van der Waals surface area contributed by atoms with Crippen LogP contribution in [0.4, 0.5) is 10.5 Å². The molecule has 2 rings (SSSR count). The van der Waals surface area contributed by atoms with Crippen molar-refractivity contribution in [1.82, 2.24) is 4.90 Å². The summed E-state index contributed by atoms with van der Waals surface area (Å²) >= 11 is 1.04. The Kier molecular flexibility index (Phi) is 3.85. The summed E-state index contributed by atoms with van der Waals surface area (Å²) < 4.78 is 0. The van der Waals surface area contributed by atoms with Gasteiger partial charge >= 0.3 is 0 Å². The molecular weight excluding hydrogens is 260 g/mol. The van der Waals surface area contributed by atoms with Gasteiger partial charge in [0, 0.05) is 11.7 Å². The topological polar surface area (TPSA) is 49.4 Å². The van der Waals surface area contributed by atoms with Gasteiger partial charge in [0.25, 0.3) is 11.1 Å². The first-order valence-electron chi connectivity index (χ1n) is 6.27. The highest BCUT2D eigenvalue weighted by Gasteiger charge is 2.41. The first kappa shape index (κ1) is 13.9. The van der Waals surface area contributed by atoms with Crippen molar-refractivity contribution in [3.05, 3.63) is 29.3 Å². The summed E-state index contributed by atoms with van der Waals surface area (Å²) in [5, 5.41) is 2.46. The summed E-state index contributed by atoms with van der Waals surface area (Å²) in [5.41, 5.74) is 3.15. The Balaban J connectivity index is 2.16. The summed E-state index contributed by atoms with van der Waals surface area (Å²) in [6.07, 6.45) is 0. The molecule has 1 aromatic rings. The first-order valence-corrected chi connectivity index (χ1v) is 7.15. The Bertz CT molecular complexity index is 528. The molecule has 1 aliphatic heterocycles. The standard InChI is InChI=1S/C14H18N2O2S/c1-8(2)16-13(17)12(19-14(16)18)15-11-6-5-9(3)7-10(11)4/h5-8,12,15H,1-4H3/t12-/m0/s1. The lowest BCUT2D eigenvalue weighted by Crippen LogP contribution is -2.39. The Labute approximate surface area is 117 Å². The molecule has 1 atom stereocenters. The van der Waals surface area contributed by atoms with E-state index in [-0.39, 0.29) is 17.2 Å². The lowest BCUT2D eigenvalue weighted by Gasteiger charge is -2.18. The summed E-state index contributed by atoms with van der Waals surface area (Å²) in [5.74, 6) is -0.162. The highest BCUT2D eigenvalue weighted by molar-refractivity contribution is 8.15. The van der Waals surface area contributed by atoms with Crippen molar-refractivity contribution in [1.29, 1.82) is 0 Å². The van der Waals surface area contributed by atoms with Gasteiger partial charge in [-0.05, 0) is 51.1 Å². The minimum Gasteiger partial charge on any atom is -0.365 e. The van der Waals surface area contributed by atoms with Gasteiger partial charge in [-0.3, -0.25) is 14.5 Å². The van der Waals surface area contributed by atoms with Crippen LogP contribution in [0.5, 0.6) is 0 Å². The maximum atomic E-state index is 12.2. The third-order valence-corrected chi connectivity index (χ3v) is 4.02. The molecule has 1 heterocycles. The predicted octanol–water partition coefficient (Wildman–Crippen LogP) is 3.15. The van der Waals surface area contributed by atoms with E-state index in [9.17, 15) is 9.59 Å². The molecule has 102 valence electrons. The molecule has 0 unspecified atom stereocenters. The van der Waals surface area contributed by atoms with Gasteiger partial charge in [-0.2, -0.15) is 0 Å². The molecule has 2 amide bonds. The number of imide groups is 1. The van der Waals surface area contributed by atoms with Gasteiger partial charge < -0.3 is 5.32 Å². The van der Waals surface area contributed by atoms with Gasteiger partial charge in [-0.25, -0.2) is 0 Å². The van der Waals surface area contributed by atoms with Crippen LogP contribution in [0.3, 0.4) is 0 Å². The number of amides is 2. The van der Waals surface area contributed by atoms with E-state index in [0.29, 0.717) is 0 Å². The van der Waals surface area contributed by atoms with Gasteiger partial charge in [0.1, 0.15) is 0 Å². The number of hydrogen-bond acceptors (Lipinski definition) is 4. The average Bonchev–Trinajstić information content (AvgIpc) is 2.58. The Hall–Kier alpha value is -1.49. The van der Waals surface area contributed by atoms with Crippen LogP contribution in [-0.2, 0) is 4.79 Å². The van der Waals surface area contributed by atoms with Gasteiger partial charge in [0.15, 0.2) is 5.37 Å². The van der Waals surface area contributed by atoms with Gasteiger partial charge in [-0.1, -0.05) is 17.7 Å². The van der Waals surface area contributed by atoms with E-state index in [1.165, 1.54) is 10.5 Å². The number of carbonyl (C=O) groups is 2. The van der Waals surface area contributed by atoms with Crippen molar-refractivity contribution in [3.63, 3.8) is 0 Å². The largest absolute Gasteiger partial charge is 0.365 e. The van der Waals surface area contributed by atoms with Crippen LogP contribution in [0.2, 0.25) is 0 Å². The Morgan fingerprint density at radius 3 is 2.47 bits per heavy atom. The molecule has 0 aliphatic carbocycles. The number of thioether (sulfide) groups is 1. The van der Waals surface area contributed by atoms with Crippen molar-refractivity contribution in [2.45, 2.75) is 39.1 Å². The van der Waals surface area contributed by atoms with E-state index in [2.05, 4.69) is 11.4 Å². The average molecular weight is 278 g/mol. The SMILES string of the molecule is Cc1ccc(N[C@H]2SC(=O)N(C(C)C)C2=O)c(C)c1. The van der Waals surface area contributed by atoms with Gasteiger partial charge in [0.2, 0.25) is 0 Å². The molecule has 1 N–H and O–H groups in total. The van der Waals surface area contributed by atoms with Crippen LogP contribution in [0.15, 0.2) is 18.2 Å². The quantitative estimate of drug-likeness (QED) is 0.922. The minimum atomic E-state index is -0.517. The molecule has 0 aromatic heterocycles. The molecular formula is C14H18N2O2S. The van der Waals surface area contributed by atoms with E-state index in [1.54, 1.807) is 0 Å². The maximum Gasteiger partial charge on any atom is 0.291 e. The molecule has 5 heteroatoms. The van der Waals surface area contributed by atoms with E-state index in [4.69, 9.17) is 0 Å². The third kappa shape index (κ3) is 2.76. The zero-order valence-corrected chi connectivity index (χ0v) is 12.4. The van der Waals surface area contributed by atoms with E-state index >= 15 is 0 Å². The first-order chi connectivity index (χ1) is 8.90. The summed E-state index contributed by atoms with van der Waals surface area (Å²) in [6.45, 7) is 7.70. The molecule has 0 saturated carbocycles. The monoisotopic (exact) mass is 278 g/mol. The number of carbonyl (C=O) groups excluding carboxylic acids is 2. The fraction of sp³-hybridized carbons (Fsp3) is 0.429. The second kappa shape index (κ2) is 5.25. The number of nitrogens with zero attached hydrogens (tertiary/aromatic N) is 1. The number of aryl methyl sites for hydroxylation is 2. The number of benzene rings is 1. The zero-order valence-electron chi connectivity index (χ0n) is 11.6. The van der Waals surface area contributed by atoms with Crippen LogP contribution in [0.1, 0.15) is 25.0 Å². The lowest BCUT2D eigenvalue weighted by molar-refractivity contribution is -0.127. The smallest absolute Gasteiger partial charge is 0.291 e. The number of anilines is 1. The summed E-state index contributed by atoms with van der Waals surface area (Å²) in [7, 11) is 0. The third-order valence-electron chi connectivity index (χ3n) is 3.06. The summed E-state index contributed by atoms with van der Waals surface area (Å²) in [6, 6.07) is 5.88. The molecule has 0 radical (unpaired) electrons. The van der Waals surface area contributed by atoms with Crippen molar-refractivity contribution in [2.75, 3.05) is 5.32 Å². The maximum absolute atomic E-state index is 12.2. The molecule has 4 nitrogen and oxygen atoms in total. The number of rotatable bonds is 3. The molecule has 0 spiro atoms. The zero-order chi connectivity index (χ0) is 14.2. The van der Waals surface area contributed by atoms with Crippen LogP contribution in [-0.4, -0.2) is 27.5 Å². The van der Waals surface area contributed by atoms with Crippen molar-refractivity contribution in [2.24, 2.45) is 0 Å². The number of hydrogen-bond donors (Lipinski definition) is 1. The van der Waals surface area contributed by atoms with Gasteiger partial charge in [0.05, 0.1) is 0 Å².